The molecule has 0 saturated heterocycles. The van der Waals surface area contributed by atoms with Gasteiger partial charge in [0.2, 0.25) is 5.91 Å². The number of nitriles is 1. The van der Waals surface area contributed by atoms with Crippen molar-refractivity contribution in [2.45, 2.75) is 32.7 Å². The van der Waals surface area contributed by atoms with E-state index in [2.05, 4.69) is 12.1 Å². The fourth-order valence-electron chi connectivity index (χ4n) is 2.43. The third kappa shape index (κ3) is 2.24. The predicted octanol–water partition coefficient (Wildman–Crippen LogP) is 2.65. The van der Waals surface area contributed by atoms with Gasteiger partial charge < -0.3 is 4.90 Å². The number of aryl methyl sites for hydroxylation is 1. The number of benzene rings is 1. The summed E-state index contributed by atoms with van der Waals surface area (Å²) in [6, 6.07) is 10.3. The van der Waals surface area contributed by atoms with E-state index in [4.69, 9.17) is 5.26 Å². The molecule has 18 heavy (non-hydrogen) atoms. The summed E-state index contributed by atoms with van der Waals surface area (Å²) in [5.41, 5.74) is 1.56. The van der Waals surface area contributed by atoms with Gasteiger partial charge in [-0.25, -0.2) is 0 Å². The van der Waals surface area contributed by atoms with Crippen molar-refractivity contribution in [2.24, 2.45) is 5.41 Å². The quantitative estimate of drug-likeness (QED) is 0.817. The van der Waals surface area contributed by atoms with Crippen molar-refractivity contribution in [2.75, 3.05) is 7.05 Å². The zero-order valence-corrected chi connectivity index (χ0v) is 10.9. The van der Waals surface area contributed by atoms with E-state index in [1.165, 1.54) is 5.56 Å². The van der Waals surface area contributed by atoms with Crippen LogP contribution >= 0.6 is 0 Å². The van der Waals surface area contributed by atoms with E-state index in [1.54, 1.807) is 11.9 Å². The number of carbonyl (C=O) groups excluding carboxylic acids is 1. The molecule has 1 aromatic carbocycles. The highest BCUT2D eigenvalue weighted by Crippen LogP contribution is 2.41. The fourth-order valence-corrected chi connectivity index (χ4v) is 2.43. The monoisotopic (exact) mass is 242 g/mol. The molecule has 1 aliphatic carbocycles. The molecule has 0 atom stereocenters. The molecular weight excluding hydrogens is 224 g/mol. The van der Waals surface area contributed by atoms with Gasteiger partial charge in [-0.05, 0) is 31.7 Å². The first-order valence-electron chi connectivity index (χ1n) is 6.30. The Hall–Kier alpha value is -1.82. The minimum atomic E-state index is -0.738. The molecular formula is C15H18N2O. The van der Waals surface area contributed by atoms with Crippen LogP contribution < -0.4 is 0 Å². The first kappa shape index (κ1) is 12.6. The maximum absolute atomic E-state index is 12.3. The maximum Gasteiger partial charge on any atom is 0.243 e. The van der Waals surface area contributed by atoms with Gasteiger partial charge in [-0.1, -0.05) is 29.8 Å². The molecule has 0 radical (unpaired) electrons. The molecule has 1 amide bonds. The van der Waals surface area contributed by atoms with Crippen molar-refractivity contribution in [3.05, 3.63) is 35.4 Å². The predicted molar refractivity (Wildman–Crippen MR) is 69.6 cm³/mol. The third-order valence-electron chi connectivity index (χ3n) is 3.68. The van der Waals surface area contributed by atoms with Gasteiger partial charge in [0, 0.05) is 13.6 Å². The molecule has 0 aliphatic heterocycles. The standard InChI is InChI=1S/C15H18N2O/c1-12-5-3-6-13(9-12)10-17(2)14(18)15(11-16)7-4-8-15/h3,5-6,9H,4,7-8,10H2,1-2H3. The smallest absolute Gasteiger partial charge is 0.243 e. The molecule has 1 fully saturated rings. The number of rotatable bonds is 3. The van der Waals surface area contributed by atoms with Gasteiger partial charge in [-0.3, -0.25) is 4.79 Å². The summed E-state index contributed by atoms with van der Waals surface area (Å²) in [4.78, 5) is 13.9. The first-order chi connectivity index (χ1) is 8.57. The van der Waals surface area contributed by atoms with Crippen LogP contribution in [0.2, 0.25) is 0 Å². The minimum Gasteiger partial charge on any atom is -0.340 e. The molecule has 3 nitrogen and oxygen atoms in total. The Morgan fingerprint density at radius 1 is 1.50 bits per heavy atom. The van der Waals surface area contributed by atoms with E-state index in [0.717, 1.165) is 12.0 Å². The Morgan fingerprint density at radius 2 is 2.22 bits per heavy atom. The van der Waals surface area contributed by atoms with Crippen LogP contribution in [-0.4, -0.2) is 17.9 Å². The summed E-state index contributed by atoms with van der Waals surface area (Å²) in [5.74, 6) is -0.0299. The van der Waals surface area contributed by atoms with Gasteiger partial charge >= 0.3 is 0 Å². The Labute approximate surface area is 108 Å². The lowest BCUT2D eigenvalue weighted by Crippen LogP contribution is -2.45. The second-order valence-corrected chi connectivity index (χ2v) is 5.20. The molecule has 1 aromatic rings. The Morgan fingerprint density at radius 3 is 2.72 bits per heavy atom. The molecule has 2 rings (SSSR count). The topological polar surface area (TPSA) is 44.1 Å². The highest BCUT2D eigenvalue weighted by Gasteiger charge is 2.46. The van der Waals surface area contributed by atoms with Gasteiger partial charge in [-0.15, -0.1) is 0 Å². The summed E-state index contributed by atoms with van der Waals surface area (Å²) < 4.78 is 0. The largest absolute Gasteiger partial charge is 0.340 e. The highest BCUT2D eigenvalue weighted by atomic mass is 16.2. The van der Waals surface area contributed by atoms with Crippen LogP contribution in [0, 0.1) is 23.7 Å². The van der Waals surface area contributed by atoms with Gasteiger partial charge in [0.15, 0.2) is 0 Å². The van der Waals surface area contributed by atoms with Crippen LogP contribution in [-0.2, 0) is 11.3 Å². The van der Waals surface area contributed by atoms with Gasteiger partial charge in [0.1, 0.15) is 5.41 Å². The number of hydrogen-bond donors (Lipinski definition) is 0. The number of hydrogen-bond acceptors (Lipinski definition) is 2. The average molecular weight is 242 g/mol. The molecule has 0 unspecified atom stereocenters. The first-order valence-corrected chi connectivity index (χ1v) is 6.30. The molecule has 0 N–H and O–H groups in total. The van der Waals surface area contributed by atoms with E-state index in [-0.39, 0.29) is 5.91 Å². The number of amides is 1. The van der Waals surface area contributed by atoms with E-state index >= 15 is 0 Å². The Kier molecular flexibility index (Phi) is 3.38. The van der Waals surface area contributed by atoms with Crippen LogP contribution in [0.1, 0.15) is 30.4 Å². The van der Waals surface area contributed by atoms with E-state index < -0.39 is 5.41 Å². The molecule has 94 valence electrons. The molecule has 1 aliphatic rings. The van der Waals surface area contributed by atoms with E-state index in [9.17, 15) is 4.79 Å². The summed E-state index contributed by atoms with van der Waals surface area (Å²) in [5, 5.41) is 9.17. The second kappa shape index (κ2) is 4.81. The molecule has 0 bridgehead atoms. The van der Waals surface area contributed by atoms with E-state index in [1.807, 2.05) is 25.1 Å². The van der Waals surface area contributed by atoms with Crippen LogP contribution in [0.15, 0.2) is 24.3 Å². The normalized spacial score (nSPS) is 16.5. The molecule has 1 saturated carbocycles. The third-order valence-corrected chi connectivity index (χ3v) is 3.68. The minimum absolute atomic E-state index is 0.0299. The summed E-state index contributed by atoms with van der Waals surface area (Å²) >= 11 is 0. The van der Waals surface area contributed by atoms with Crippen molar-refractivity contribution in [1.29, 1.82) is 5.26 Å². The molecule has 3 heteroatoms. The molecule has 0 spiro atoms. The van der Waals surface area contributed by atoms with Gasteiger partial charge in [0.05, 0.1) is 6.07 Å². The summed E-state index contributed by atoms with van der Waals surface area (Å²) in [6.07, 6.45) is 2.40. The SMILES string of the molecule is Cc1cccc(CN(C)C(=O)C2(C#N)CCC2)c1. The number of nitrogens with zero attached hydrogens (tertiary/aromatic N) is 2. The van der Waals surface area contributed by atoms with Crippen LogP contribution in [0.4, 0.5) is 0 Å². The maximum atomic E-state index is 12.3. The molecule has 0 aromatic heterocycles. The lowest BCUT2D eigenvalue weighted by Gasteiger charge is -2.36. The van der Waals surface area contributed by atoms with Crippen molar-refractivity contribution in [1.82, 2.24) is 4.90 Å². The van der Waals surface area contributed by atoms with Crippen molar-refractivity contribution in [3.8, 4) is 6.07 Å². The Bertz CT molecular complexity index is 497. The lowest BCUT2D eigenvalue weighted by molar-refractivity contribution is -0.142. The summed E-state index contributed by atoms with van der Waals surface area (Å²) in [7, 11) is 1.78. The lowest BCUT2D eigenvalue weighted by atomic mass is 9.69. The van der Waals surface area contributed by atoms with Gasteiger partial charge in [0.25, 0.3) is 0 Å². The molecule has 0 heterocycles. The van der Waals surface area contributed by atoms with Crippen LogP contribution in [0.25, 0.3) is 0 Å². The van der Waals surface area contributed by atoms with Crippen molar-refractivity contribution < 1.29 is 4.79 Å². The zero-order valence-electron chi connectivity index (χ0n) is 10.9. The van der Waals surface area contributed by atoms with Crippen LogP contribution in [0.5, 0.6) is 0 Å². The Balaban J connectivity index is 2.06. The highest BCUT2D eigenvalue weighted by molar-refractivity contribution is 5.86. The van der Waals surface area contributed by atoms with Crippen molar-refractivity contribution in [3.63, 3.8) is 0 Å². The van der Waals surface area contributed by atoms with Crippen LogP contribution in [0.3, 0.4) is 0 Å². The average Bonchev–Trinajstić information content (AvgIpc) is 2.28. The van der Waals surface area contributed by atoms with Gasteiger partial charge in [-0.2, -0.15) is 5.26 Å². The second-order valence-electron chi connectivity index (χ2n) is 5.20. The zero-order chi connectivity index (χ0) is 13.2. The fraction of sp³-hybridized carbons (Fsp3) is 0.467. The van der Waals surface area contributed by atoms with Crippen molar-refractivity contribution >= 4 is 5.91 Å². The summed E-state index contributed by atoms with van der Waals surface area (Å²) in [6.45, 7) is 2.61. The van der Waals surface area contributed by atoms with E-state index in [0.29, 0.717) is 19.4 Å². The number of carbonyl (C=O) groups is 1.